The van der Waals surface area contributed by atoms with E-state index in [9.17, 15) is 5.11 Å². The van der Waals surface area contributed by atoms with Gasteiger partial charge in [-0.3, -0.25) is 9.98 Å². The minimum atomic E-state index is -0.0501. The fourth-order valence-corrected chi connectivity index (χ4v) is 2.41. The van der Waals surface area contributed by atoms with E-state index >= 15 is 0 Å². The molecule has 106 valence electrons. The van der Waals surface area contributed by atoms with Gasteiger partial charge in [-0.05, 0) is 24.3 Å². The Morgan fingerprint density at radius 3 is 2.77 bits per heavy atom. The molecule has 3 heterocycles. The van der Waals surface area contributed by atoms with Crippen molar-refractivity contribution in [3.63, 3.8) is 0 Å². The third-order valence-corrected chi connectivity index (χ3v) is 3.48. The van der Waals surface area contributed by atoms with Crippen LogP contribution in [-0.2, 0) is 0 Å². The number of hydrogen-bond donors (Lipinski definition) is 2. The van der Waals surface area contributed by atoms with Gasteiger partial charge in [0.05, 0.1) is 5.69 Å². The lowest BCUT2D eigenvalue weighted by Crippen LogP contribution is -1.84. The number of fused-ring (bicyclic) bond motifs is 1. The molecule has 5 nitrogen and oxygen atoms in total. The van der Waals surface area contributed by atoms with E-state index < -0.39 is 0 Å². The number of nitrogens with zero attached hydrogens (tertiary/aromatic N) is 3. The number of pyridine rings is 1. The Balaban J connectivity index is 1.75. The maximum Gasteiger partial charge on any atom is 0.237 e. The molecule has 5 heteroatoms. The van der Waals surface area contributed by atoms with Crippen molar-refractivity contribution in [3.8, 4) is 17.4 Å². The number of aliphatic imine (C=N–C) groups is 1. The van der Waals surface area contributed by atoms with Crippen molar-refractivity contribution in [2.24, 2.45) is 4.99 Å². The van der Waals surface area contributed by atoms with Gasteiger partial charge in [-0.2, -0.15) is 4.98 Å². The summed E-state index contributed by atoms with van der Waals surface area (Å²) in [6.45, 7) is 0. The van der Waals surface area contributed by atoms with Crippen LogP contribution >= 0.6 is 0 Å². The summed E-state index contributed by atoms with van der Waals surface area (Å²) >= 11 is 0. The molecule has 2 N–H and O–H groups in total. The Morgan fingerprint density at radius 2 is 1.91 bits per heavy atom. The molecule has 0 radical (unpaired) electrons. The van der Waals surface area contributed by atoms with Crippen LogP contribution in [0.4, 0.5) is 5.69 Å². The number of aromatic hydroxyl groups is 1. The largest absolute Gasteiger partial charge is 0.492 e. The van der Waals surface area contributed by atoms with E-state index in [0.717, 1.165) is 16.8 Å². The number of hydrogen-bond acceptors (Lipinski definition) is 4. The normalized spacial score (nSPS) is 14.5. The van der Waals surface area contributed by atoms with Gasteiger partial charge in [0.25, 0.3) is 0 Å². The summed E-state index contributed by atoms with van der Waals surface area (Å²) in [4.78, 5) is 15.8. The first-order chi connectivity index (χ1) is 10.8. The first-order valence-electron chi connectivity index (χ1n) is 6.87. The van der Waals surface area contributed by atoms with Crippen LogP contribution in [-0.4, -0.2) is 26.3 Å². The van der Waals surface area contributed by atoms with Crippen LogP contribution in [0.5, 0.6) is 5.88 Å². The van der Waals surface area contributed by atoms with Gasteiger partial charge in [-0.15, -0.1) is 0 Å². The molecule has 1 aliphatic rings. The average molecular weight is 288 g/mol. The van der Waals surface area contributed by atoms with Gasteiger partial charge in [-0.1, -0.05) is 24.3 Å². The van der Waals surface area contributed by atoms with Gasteiger partial charge < -0.3 is 10.1 Å². The zero-order valence-electron chi connectivity index (χ0n) is 11.6. The predicted octanol–water partition coefficient (Wildman–Crippen LogP) is 3.43. The van der Waals surface area contributed by atoms with Gasteiger partial charge in [0.15, 0.2) is 5.82 Å². The van der Waals surface area contributed by atoms with Gasteiger partial charge in [0.2, 0.25) is 5.88 Å². The molecule has 22 heavy (non-hydrogen) atoms. The molecule has 2 aromatic heterocycles. The number of para-hydroxylation sites is 1. The van der Waals surface area contributed by atoms with E-state index in [2.05, 4.69) is 19.9 Å². The second kappa shape index (κ2) is 4.96. The Kier molecular flexibility index (Phi) is 2.83. The molecule has 0 fully saturated rings. The van der Waals surface area contributed by atoms with Crippen LogP contribution in [0.3, 0.4) is 0 Å². The minimum Gasteiger partial charge on any atom is -0.492 e. The molecule has 0 unspecified atom stereocenters. The molecule has 4 rings (SSSR count). The quantitative estimate of drug-likeness (QED) is 0.758. The Bertz CT molecular complexity index is 894. The summed E-state index contributed by atoms with van der Waals surface area (Å²) in [6.07, 6.45) is 5.31. The molecule has 1 aromatic carbocycles. The maximum absolute atomic E-state index is 10.0. The van der Waals surface area contributed by atoms with Crippen LogP contribution in [0.2, 0.25) is 0 Å². The number of aromatic amines is 1. The lowest BCUT2D eigenvalue weighted by molar-refractivity contribution is 0.455. The number of H-pyrrole nitrogens is 1. The molecule has 0 spiro atoms. The molecule has 0 saturated carbocycles. The lowest BCUT2D eigenvalue weighted by Gasteiger charge is -1.98. The van der Waals surface area contributed by atoms with Gasteiger partial charge >= 0.3 is 0 Å². The van der Waals surface area contributed by atoms with Crippen molar-refractivity contribution >= 4 is 23.6 Å². The first kappa shape index (κ1) is 12.5. The van der Waals surface area contributed by atoms with Crippen molar-refractivity contribution in [2.45, 2.75) is 0 Å². The van der Waals surface area contributed by atoms with Crippen molar-refractivity contribution in [2.75, 3.05) is 0 Å². The second-order valence-corrected chi connectivity index (χ2v) is 4.91. The Morgan fingerprint density at radius 1 is 1.05 bits per heavy atom. The lowest BCUT2D eigenvalue weighted by atomic mass is 10.1. The molecule has 0 amide bonds. The summed E-state index contributed by atoms with van der Waals surface area (Å²) < 4.78 is 0. The summed E-state index contributed by atoms with van der Waals surface area (Å²) in [7, 11) is 0. The zero-order chi connectivity index (χ0) is 14.9. The third-order valence-electron chi connectivity index (χ3n) is 3.48. The summed E-state index contributed by atoms with van der Waals surface area (Å²) in [5.74, 6) is 0.485. The Labute approximate surface area is 126 Å². The second-order valence-electron chi connectivity index (χ2n) is 4.91. The molecular weight excluding hydrogens is 276 g/mol. The highest BCUT2D eigenvalue weighted by Crippen LogP contribution is 2.33. The van der Waals surface area contributed by atoms with E-state index in [1.165, 1.54) is 0 Å². The molecule has 0 aliphatic carbocycles. The topological polar surface area (TPSA) is 74.2 Å². The highest BCUT2D eigenvalue weighted by atomic mass is 16.3. The van der Waals surface area contributed by atoms with Crippen molar-refractivity contribution < 1.29 is 5.11 Å². The standard InChI is InChI=1S/C17H12N4O/c22-17-15(20-16(21-17)14-7-3-4-8-18-14)9-11-10-19-13-6-2-1-5-12(11)13/h1-10,22H,(H,20,21)/b11-9+. The number of nitrogens with one attached hydrogen (secondary N) is 1. The first-order valence-corrected chi connectivity index (χ1v) is 6.87. The molecule has 0 saturated heterocycles. The van der Waals surface area contributed by atoms with E-state index in [4.69, 9.17) is 0 Å². The van der Waals surface area contributed by atoms with Gasteiger partial charge in [0.1, 0.15) is 11.4 Å². The van der Waals surface area contributed by atoms with E-state index in [-0.39, 0.29) is 5.88 Å². The summed E-state index contributed by atoms with van der Waals surface area (Å²) in [5.41, 5.74) is 4.12. The number of allylic oxidation sites excluding steroid dienone is 1. The highest BCUT2D eigenvalue weighted by Gasteiger charge is 2.14. The van der Waals surface area contributed by atoms with Crippen LogP contribution < -0.4 is 0 Å². The highest BCUT2D eigenvalue weighted by molar-refractivity contribution is 6.21. The van der Waals surface area contributed by atoms with Crippen LogP contribution in [0, 0.1) is 0 Å². The minimum absolute atomic E-state index is 0.0501. The van der Waals surface area contributed by atoms with Crippen molar-refractivity contribution in [3.05, 3.63) is 59.9 Å². The molecule has 3 aromatic rings. The average Bonchev–Trinajstić information content (AvgIpc) is 3.13. The molecule has 0 bridgehead atoms. The SMILES string of the molecule is Oc1nc(-c2ccccn2)[nH]c1/C=C1\C=Nc2ccccc21. The van der Waals surface area contributed by atoms with Crippen LogP contribution in [0.15, 0.2) is 53.7 Å². The number of aromatic nitrogens is 3. The van der Waals surface area contributed by atoms with E-state index in [1.54, 1.807) is 12.4 Å². The van der Waals surface area contributed by atoms with Gasteiger partial charge in [0, 0.05) is 23.5 Å². The summed E-state index contributed by atoms with van der Waals surface area (Å²) in [6, 6.07) is 13.4. The zero-order valence-corrected chi connectivity index (χ0v) is 11.6. The molecular formula is C17H12N4O. The monoisotopic (exact) mass is 288 g/mol. The number of benzene rings is 1. The maximum atomic E-state index is 10.0. The smallest absolute Gasteiger partial charge is 0.237 e. The third kappa shape index (κ3) is 2.09. The summed E-state index contributed by atoms with van der Waals surface area (Å²) in [5, 5.41) is 10.0. The van der Waals surface area contributed by atoms with E-state index in [1.807, 2.05) is 48.5 Å². The fourth-order valence-electron chi connectivity index (χ4n) is 2.41. The predicted molar refractivity (Wildman–Crippen MR) is 85.9 cm³/mol. The van der Waals surface area contributed by atoms with Crippen molar-refractivity contribution in [1.82, 2.24) is 15.0 Å². The van der Waals surface area contributed by atoms with Crippen LogP contribution in [0.25, 0.3) is 23.2 Å². The molecule has 0 atom stereocenters. The number of rotatable bonds is 2. The van der Waals surface area contributed by atoms with Crippen LogP contribution in [0.1, 0.15) is 11.3 Å². The number of imidazole rings is 1. The van der Waals surface area contributed by atoms with Crippen molar-refractivity contribution in [1.29, 1.82) is 0 Å². The van der Waals surface area contributed by atoms with Gasteiger partial charge in [-0.25, -0.2) is 0 Å². The Hall–Kier alpha value is -3.21. The fraction of sp³-hybridized carbons (Fsp3) is 0. The van der Waals surface area contributed by atoms with E-state index in [0.29, 0.717) is 17.2 Å². The molecule has 1 aliphatic heterocycles.